The minimum atomic E-state index is -0.291. The molecule has 1 aromatic carbocycles. The first-order valence-electron chi connectivity index (χ1n) is 5.70. The smallest absolute Gasteiger partial charge is 0.255 e. The topological polar surface area (TPSA) is 68.3 Å². The molecule has 0 spiro atoms. The molecule has 0 aliphatic heterocycles. The summed E-state index contributed by atoms with van der Waals surface area (Å²) in [5.74, 6) is -0.223. The number of rotatable bonds is 4. The Morgan fingerprint density at radius 1 is 1.50 bits per heavy atom. The molecule has 3 N–H and O–H groups in total. The summed E-state index contributed by atoms with van der Waals surface area (Å²) in [7, 11) is 0. The molecule has 94 valence electrons. The third-order valence-electron chi connectivity index (χ3n) is 2.78. The number of thiocarbonyl (C=S) groups is 1. The van der Waals surface area contributed by atoms with E-state index in [9.17, 15) is 4.79 Å². The van der Waals surface area contributed by atoms with Gasteiger partial charge < -0.3 is 15.5 Å². The fourth-order valence-electron chi connectivity index (χ4n) is 1.76. The molecule has 0 aliphatic rings. The minimum Gasteiger partial charge on any atom is -0.463 e. The van der Waals surface area contributed by atoms with Crippen molar-refractivity contribution >= 4 is 34.1 Å². The summed E-state index contributed by atoms with van der Waals surface area (Å²) < 4.78 is 5.32. The molecule has 1 amide bonds. The Kier molecular flexibility index (Phi) is 3.62. The number of hydrogen-bond donors (Lipinski definition) is 2. The van der Waals surface area contributed by atoms with Crippen LogP contribution >= 0.6 is 12.2 Å². The Bertz CT molecular complexity index is 591. The molecular weight excluding hydrogens is 248 g/mol. The molecule has 0 saturated carbocycles. The van der Waals surface area contributed by atoms with Crippen LogP contribution in [0, 0.1) is 0 Å². The fraction of sp³-hybridized carbons (Fsp3) is 0.231. The lowest BCUT2D eigenvalue weighted by Gasteiger charge is -2.14. The van der Waals surface area contributed by atoms with E-state index in [0.717, 1.165) is 5.39 Å². The summed E-state index contributed by atoms with van der Waals surface area (Å²) in [5.41, 5.74) is 6.74. The Hall–Kier alpha value is -1.88. The standard InChI is InChI=1S/C13H14N2O2S/c1-2-10(12(14)18)15-13(16)9-7-17-11-6-4-3-5-8(9)11/h3-7,10H,2H2,1H3,(H2,14,18)(H,15,16). The second kappa shape index (κ2) is 5.18. The van der Waals surface area contributed by atoms with Gasteiger partial charge in [0, 0.05) is 5.39 Å². The van der Waals surface area contributed by atoms with Crippen molar-refractivity contribution in [3.05, 3.63) is 36.1 Å². The molecule has 2 rings (SSSR count). The van der Waals surface area contributed by atoms with Crippen LogP contribution in [0.2, 0.25) is 0 Å². The summed E-state index contributed by atoms with van der Waals surface area (Å²) >= 11 is 4.90. The van der Waals surface area contributed by atoms with Crippen molar-refractivity contribution < 1.29 is 9.21 Å². The SMILES string of the molecule is CCC(NC(=O)c1coc2ccccc12)C(N)=S. The van der Waals surface area contributed by atoms with Gasteiger partial charge in [0.15, 0.2) is 0 Å². The number of fused-ring (bicyclic) bond motifs is 1. The number of amides is 1. The minimum absolute atomic E-state index is 0.223. The molecule has 0 radical (unpaired) electrons. The molecule has 0 bridgehead atoms. The van der Waals surface area contributed by atoms with Crippen molar-refractivity contribution in [3.8, 4) is 0 Å². The van der Waals surface area contributed by atoms with Gasteiger partial charge in [-0.3, -0.25) is 4.79 Å². The van der Waals surface area contributed by atoms with E-state index in [1.807, 2.05) is 31.2 Å². The maximum atomic E-state index is 12.1. The third-order valence-corrected chi connectivity index (χ3v) is 3.07. The van der Waals surface area contributed by atoms with Gasteiger partial charge in [-0.2, -0.15) is 0 Å². The molecule has 2 aromatic rings. The number of carbonyl (C=O) groups is 1. The molecule has 0 saturated heterocycles. The van der Waals surface area contributed by atoms with E-state index >= 15 is 0 Å². The zero-order valence-electron chi connectivity index (χ0n) is 9.97. The van der Waals surface area contributed by atoms with Crippen LogP contribution in [0.25, 0.3) is 11.0 Å². The Morgan fingerprint density at radius 3 is 2.89 bits per heavy atom. The molecule has 1 unspecified atom stereocenters. The fourth-order valence-corrected chi connectivity index (χ4v) is 1.99. The molecule has 4 nitrogen and oxygen atoms in total. The number of hydrogen-bond acceptors (Lipinski definition) is 3. The van der Waals surface area contributed by atoms with Gasteiger partial charge in [-0.1, -0.05) is 37.3 Å². The first-order valence-corrected chi connectivity index (χ1v) is 6.10. The first kappa shape index (κ1) is 12.6. The number of para-hydroxylation sites is 1. The van der Waals surface area contributed by atoms with Crippen LogP contribution in [-0.4, -0.2) is 16.9 Å². The van der Waals surface area contributed by atoms with Crippen LogP contribution in [0.1, 0.15) is 23.7 Å². The number of nitrogens with one attached hydrogen (secondary N) is 1. The Morgan fingerprint density at radius 2 is 2.22 bits per heavy atom. The quantitative estimate of drug-likeness (QED) is 0.829. The summed E-state index contributed by atoms with van der Waals surface area (Å²) in [5, 5.41) is 3.58. The summed E-state index contributed by atoms with van der Waals surface area (Å²) in [4.78, 5) is 12.4. The normalized spacial score (nSPS) is 12.3. The van der Waals surface area contributed by atoms with Crippen LogP contribution in [0.15, 0.2) is 34.9 Å². The molecule has 0 fully saturated rings. The van der Waals surface area contributed by atoms with Crippen LogP contribution < -0.4 is 11.1 Å². The Balaban J connectivity index is 2.26. The third kappa shape index (κ3) is 2.36. The second-order valence-electron chi connectivity index (χ2n) is 3.98. The number of nitrogens with two attached hydrogens (primary N) is 1. The van der Waals surface area contributed by atoms with Crippen molar-refractivity contribution in [1.29, 1.82) is 0 Å². The monoisotopic (exact) mass is 262 g/mol. The van der Waals surface area contributed by atoms with Crippen LogP contribution in [0.3, 0.4) is 0 Å². The highest BCUT2D eigenvalue weighted by atomic mass is 32.1. The van der Waals surface area contributed by atoms with E-state index in [2.05, 4.69) is 5.32 Å². The van der Waals surface area contributed by atoms with Crippen molar-refractivity contribution in [2.24, 2.45) is 5.73 Å². The van der Waals surface area contributed by atoms with Crippen molar-refractivity contribution in [3.63, 3.8) is 0 Å². The average Bonchev–Trinajstić information content (AvgIpc) is 2.79. The maximum Gasteiger partial charge on any atom is 0.255 e. The lowest BCUT2D eigenvalue weighted by atomic mass is 10.1. The largest absolute Gasteiger partial charge is 0.463 e. The molecule has 1 heterocycles. The van der Waals surface area contributed by atoms with E-state index in [1.54, 1.807) is 0 Å². The predicted molar refractivity (Wildman–Crippen MR) is 74.5 cm³/mol. The van der Waals surface area contributed by atoms with Gasteiger partial charge in [0.25, 0.3) is 5.91 Å². The van der Waals surface area contributed by atoms with Crippen molar-refractivity contribution in [2.45, 2.75) is 19.4 Å². The number of carbonyl (C=O) groups excluding carboxylic acids is 1. The summed E-state index contributed by atoms with van der Waals surface area (Å²) in [6.45, 7) is 1.91. The number of furan rings is 1. The first-order chi connectivity index (χ1) is 8.63. The van der Waals surface area contributed by atoms with Gasteiger partial charge in [0.2, 0.25) is 0 Å². The summed E-state index contributed by atoms with van der Waals surface area (Å²) in [6.07, 6.45) is 2.11. The lowest BCUT2D eigenvalue weighted by molar-refractivity contribution is 0.0947. The molecule has 0 aliphatic carbocycles. The van der Waals surface area contributed by atoms with E-state index in [4.69, 9.17) is 22.4 Å². The predicted octanol–water partition coefficient (Wildman–Crippen LogP) is 2.23. The molecule has 1 atom stereocenters. The van der Waals surface area contributed by atoms with E-state index in [-0.39, 0.29) is 11.9 Å². The van der Waals surface area contributed by atoms with Gasteiger partial charge >= 0.3 is 0 Å². The van der Waals surface area contributed by atoms with E-state index < -0.39 is 0 Å². The molecule has 5 heteroatoms. The van der Waals surface area contributed by atoms with E-state index in [1.165, 1.54) is 6.26 Å². The highest BCUT2D eigenvalue weighted by Gasteiger charge is 2.17. The second-order valence-corrected chi connectivity index (χ2v) is 4.45. The van der Waals surface area contributed by atoms with Crippen LogP contribution in [-0.2, 0) is 0 Å². The van der Waals surface area contributed by atoms with Crippen LogP contribution in [0.5, 0.6) is 0 Å². The van der Waals surface area contributed by atoms with Gasteiger partial charge in [0.1, 0.15) is 11.8 Å². The zero-order valence-corrected chi connectivity index (χ0v) is 10.8. The van der Waals surface area contributed by atoms with Gasteiger partial charge in [-0.15, -0.1) is 0 Å². The number of benzene rings is 1. The van der Waals surface area contributed by atoms with Gasteiger partial charge in [-0.25, -0.2) is 0 Å². The zero-order chi connectivity index (χ0) is 13.1. The maximum absolute atomic E-state index is 12.1. The van der Waals surface area contributed by atoms with E-state index in [0.29, 0.717) is 22.6 Å². The highest BCUT2D eigenvalue weighted by Crippen LogP contribution is 2.20. The van der Waals surface area contributed by atoms with Crippen LogP contribution in [0.4, 0.5) is 0 Å². The summed E-state index contributed by atoms with van der Waals surface area (Å²) in [6, 6.07) is 7.09. The van der Waals surface area contributed by atoms with Crippen molar-refractivity contribution in [1.82, 2.24) is 5.32 Å². The lowest BCUT2D eigenvalue weighted by Crippen LogP contribution is -2.42. The average molecular weight is 262 g/mol. The molecular formula is C13H14N2O2S. The van der Waals surface area contributed by atoms with Gasteiger partial charge in [-0.05, 0) is 12.5 Å². The van der Waals surface area contributed by atoms with Gasteiger partial charge in [0.05, 0.1) is 16.6 Å². The van der Waals surface area contributed by atoms with Crippen molar-refractivity contribution in [2.75, 3.05) is 0 Å². The molecule has 18 heavy (non-hydrogen) atoms. The highest BCUT2D eigenvalue weighted by molar-refractivity contribution is 7.80. The Labute approximate surface area is 110 Å². The molecule has 1 aromatic heterocycles.